The Labute approximate surface area is 129 Å². The van der Waals surface area contributed by atoms with Crippen molar-refractivity contribution >= 4 is 23.3 Å². The Bertz CT molecular complexity index is 498. The first-order valence-electron chi connectivity index (χ1n) is 6.87. The van der Waals surface area contributed by atoms with Crippen molar-refractivity contribution in [3.05, 3.63) is 36.9 Å². The van der Waals surface area contributed by atoms with Gasteiger partial charge in [-0.1, -0.05) is 6.08 Å². The molecule has 0 aliphatic heterocycles. The van der Waals surface area contributed by atoms with E-state index in [1.807, 2.05) is 0 Å². The van der Waals surface area contributed by atoms with Crippen LogP contribution in [0.3, 0.4) is 0 Å². The molecule has 0 aliphatic carbocycles. The van der Waals surface area contributed by atoms with E-state index in [1.54, 1.807) is 30.3 Å². The van der Waals surface area contributed by atoms with E-state index in [0.29, 0.717) is 17.9 Å². The first-order chi connectivity index (χ1) is 10.6. The third kappa shape index (κ3) is 6.38. The Balaban J connectivity index is 2.49. The first kappa shape index (κ1) is 17.7. The van der Waals surface area contributed by atoms with Crippen LogP contribution in [0.4, 0.5) is 16.2 Å². The molecule has 7 nitrogen and oxygen atoms in total. The van der Waals surface area contributed by atoms with Gasteiger partial charge in [0.05, 0.1) is 12.5 Å². The lowest BCUT2D eigenvalue weighted by molar-refractivity contribution is -0.118. The van der Waals surface area contributed by atoms with Crippen molar-refractivity contribution in [3.8, 4) is 0 Å². The molecule has 0 aliphatic rings. The first-order valence-corrected chi connectivity index (χ1v) is 6.87. The molecular weight excluding hydrogens is 284 g/mol. The summed E-state index contributed by atoms with van der Waals surface area (Å²) in [5.74, 6) is -0.179. The summed E-state index contributed by atoms with van der Waals surface area (Å²) in [6.45, 7) is 4.19. The Morgan fingerprint density at radius 3 is 2.36 bits per heavy atom. The average molecular weight is 306 g/mol. The van der Waals surface area contributed by atoms with E-state index in [1.165, 1.54) is 7.11 Å². The van der Waals surface area contributed by atoms with Gasteiger partial charge in [-0.2, -0.15) is 0 Å². The van der Waals surface area contributed by atoms with E-state index in [9.17, 15) is 9.59 Å². The van der Waals surface area contributed by atoms with Gasteiger partial charge in [-0.15, -0.1) is 6.58 Å². The zero-order chi connectivity index (χ0) is 16.4. The number of amides is 3. The Kier molecular flexibility index (Phi) is 7.66. The predicted molar refractivity (Wildman–Crippen MR) is 86.8 cm³/mol. The highest BCUT2D eigenvalue weighted by atomic mass is 16.5. The van der Waals surface area contributed by atoms with Crippen LogP contribution in [-0.4, -0.2) is 38.2 Å². The summed E-state index contributed by atoms with van der Waals surface area (Å²) in [6, 6.07) is 6.47. The van der Waals surface area contributed by atoms with Gasteiger partial charge in [-0.05, 0) is 24.3 Å². The third-order valence-corrected chi connectivity index (χ3v) is 2.84. The van der Waals surface area contributed by atoms with Gasteiger partial charge >= 0.3 is 6.03 Å². The van der Waals surface area contributed by atoms with Crippen LogP contribution in [0.5, 0.6) is 0 Å². The van der Waals surface area contributed by atoms with Crippen LogP contribution in [0, 0.1) is 0 Å². The normalized spacial score (nSPS) is 11.4. The highest BCUT2D eigenvalue weighted by Crippen LogP contribution is 2.14. The number of benzene rings is 1. The smallest absolute Gasteiger partial charge is 0.319 e. The van der Waals surface area contributed by atoms with Gasteiger partial charge in [0.1, 0.15) is 0 Å². The fraction of sp³-hybridized carbons (Fsp3) is 0.333. The topological polar surface area (TPSA) is 105 Å². The Morgan fingerprint density at radius 2 is 1.86 bits per heavy atom. The van der Waals surface area contributed by atoms with Crippen molar-refractivity contribution in [2.45, 2.75) is 12.5 Å². The number of hydrogen-bond donors (Lipinski definition) is 4. The second-order valence-electron chi connectivity index (χ2n) is 4.55. The number of rotatable bonds is 8. The number of carbonyl (C=O) groups excluding carboxylic acids is 2. The number of ether oxygens (including phenoxy) is 1. The van der Waals surface area contributed by atoms with E-state index >= 15 is 0 Å². The largest absolute Gasteiger partial charge is 0.380 e. The average Bonchev–Trinajstić information content (AvgIpc) is 2.52. The summed E-state index contributed by atoms with van der Waals surface area (Å²) in [5, 5.41) is 8.00. The molecule has 22 heavy (non-hydrogen) atoms. The third-order valence-electron chi connectivity index (χ3n) is 2.84. The number of hydrogen-bond acceptors (Lipinski definition) is 4. The lowest BCUT2D eigenvalue weighted by Crippen LogP contribution is -2.28. The maximum Gasteiger partial charge on any atom is 0.319 e. The van der Waals surface area contributed by atoms with E-state index in [0.717, 1.165) is 0 Å². The van der Waals surface area contributed by atoms with Gasteiger partial charge in [0, 0.05) is 31.6 Å². The van der Waals surface area contributed by atoms with Gasteiger partial charge in [0.25, 0.3) is 0 Å². The molecule has 0 saturated carbocycles. The number of nitrogens with one attached hydrogen (secondary N) is 3. The van der Waals surface area contributed by atoms with Crippen molar-refractivity contribution in [1.82, 2.24) is 5.32 Å². The van der Waals surface area contributed by atoms with Gasteiger partial charge in [0.15, 0.2) is 0 Å². The summed E-state index contributed by atoms with van der Waals surface area (Å²) in [6.07, 6.45) is 1.48. The zero-order valence-electron chi connectivity index (χ0n) is 12.6. The Hall–Kier alpha value is -2.38. The van der Waals surface area contributed by atoms with Crippen LogP contribution in [-0.2, 0) is 9.53 Å². The van der Waals surface area contributed by atoms with Crippen molar-refractivity contribution in [1.29, 1.82) is 0 Å². The van der Waals surface area contributed by atoms with Crippen LogP contribution in [0.2, 0.25) is 0 Å². The number of carbonyl (C=O) groups is 2. The molecule has 1 rings (SSSR count). The maximum atomic E-state index is 11.8. The summed E-state index contributed by atoms with van der Waals surface area (Å²) in [7, 11) is 1.52. The fourth-order valence-corrected chi connectivity index (χ4v) is 1.66. The van der Waals surface area contributed by atoms with Gasteiger partial charge in [-0.25, -0.2) is 4.79 Å². The number of nitrogens with two attached hydrogens (primary N) is 1. The molecule has 0 heterocycles. The molecule has 3 amide bonds. The fourth-order valence-electron chi connectivity index (χ4n) is 1.66. The summed E-state index contributed by atoms with van der Waals surface area (Å²) >= 11 is 0. The molecule has 1 unspecified atom stereocenters. The molecule has 1 aromatic rings. The molecule has 0 bridgehead atoms. The van der Waals surface area contributed by atoms with Gasteiger partial charge < -0.3 is 26.4 Å². The van der Waals surface area contributed by atoms with Crippen LogP contribution < -0.4 is 21.7 Å². The number of methoxy groups -OCH3 is 1. The monoisotopic (exact) mass is 306 g/mol. The minimum absolute atomic E-state index is 0.179. The van der Waals surface area contributed by atoms with Gasteiger partial charge in [0.2, 0.25) is 5.91 Å². The highest BCUT2D eigenvalue weighted by molar-refractivity contribution is 5.92. The minimum Gasteiger partial charge on any atom is -0.380 e. The molecule has 0 saturated heterocycles. The summed E-state index contributed by atoms with van der Waals surface area (Å²) in [4.78, 5) is 23.2. The standard InChI is InChI=1S/C15H22N4O3/c1-3-8-17-15(21)19-12-6-4-11(5-7-12)18-14(20)9-13(10-16)22-2/h3-7,13H,1,8-10,16H2,2H3,(H,18,20)(H2,17,19,21). The van der Waals surface area contributed by atoms with E-state index in [4.69, 9.17) is 10.5 Å². The lowest BCUT2D eigenvalue weighted by atomic mass is 10.2. The summed E-state index contributed by atoms with van der Waals surface area (Å²) in [5.41, 5.74) is 6.72. The molecule has 0 spiro atoms. The number of anilines is 2. The maximum absolute atomic E-state index is 11.8. The molecule has 7 heteroatoms. The van der Waals surface area contributed by atoms with E-state index in [2.05, 4.69) is 22.5 Å². The molecule has 120 valence electrons. The molecule has 0 fully saturated rings. The van der Waals surface area contributed by atoms with Crippen LogP contribution in [0.25, 0.3) is 0 Å². The lowest BCUT2D eigenvalue weighted by Gasteiger charge is -2.13. The number of urea groups is 1. The molecule has 0 radical (unpaired) electrons. The SMILES string of the molecule is C=CCNC(=O)Nc1ccc(NC(=O)CC(CN)OC)cc1. The molecular formula is C15H22N4O3. The zero-order valence-corrected chi connectivity index (χ0v) is 12.6. The van der Waals surface area contributed by atoms with Crippen molar-refractivity contribution in [2.75, 3.05) is 30.8 Å². The second kappa shape index (κ2) is 9.54. The molecule has 0 aromatic heterocycles. The Morgan fingerprint density at radius 1 is 1.27 bits per heavy atom. The molecule has 5 N–H and O–H groups in total. The van der Waals surface area contributed by atoms with Crippen molar-refractivity contribution < 1.29 is 14.3 Å². The quantitative estimate of drug-likeness (QED) is 0.543. The van der Waals surface area contributed by atoms with Crippen molar-refractivity contribution in [2.24, 2.45) is 5.73 Å². The van der Waals surface area contributed by atoms with E-state index < -0.39 is 0 Å². The second-order valence-corrected chi connectivity index (χ2v) is 4.55. The molecule has 1 aromatic carbocycles. The molecule has 1 atom stereocenters. The summed E-state index contributed by atoms with van der Waals surface area (Å²) < 4.78 is 5.06. The highest BCUT2D eigenvalue weighted by Gasteiger charge is 2.11. The van der Waals surface area contributed by atoms with Crippen molar-refractivity contribution in [3.63, 3.8) is 0 Å². The van der Waals surface area contributed by atoms with Crippen LogP contribution >= 0.6 is 0 Å². The van der Waals surface area contributed by atoms with E-state index in [-0.39, 0.29) is 31.0 Å². The minimum atomic E-state index is -0.317. The van der Waals surface area contributed by atoms with Crippen LogP contribution in [0.1, 0.15) is 6.42 Å². The van der Waals surface area contributed by atoms with Gasteiger partial charge in [-0.3, -0.25) is 4.79 Å². The van der Waals surface area contributed by atoms with Crippen LogP contribution in [0.15, 0.2) is 36.9 Å². The predicted octanol–water partition coefficient (Wildman–Crippen LogP) is 1.30.